The molecule has 170 valence electrons. The van der Waals surface area contributed by atoms with E-state index in [4.69, 9.17) is 4.74 Å². The molecule has 3 aromatic rings. The summed E-state index contributed by atoms with van der Waals surface area (Å²) in [5.74, 6) is 0.685. The fraction of sp³-hybridized carbons (Fsp3) is 0.200. The van der Waals surface area contributed by atoms with Crippen molar-refractivity contribution in [2.75, 3.05) is 6.61 Å². The van der Waals surface area contributed by atoms with Crippen molar-refractivity contribution in [3.8, 4) is 11.5 Å². The highest BCUT2D eigenvalue weighted by atomic mass is 79.9. The van der Waals surface area contributed by atoms with E-state index in [1.807, 2.05) is 48.5 Å². The molecule has 33 heavy (non-hydrogen) atoms. The van der Waals surface area contributed by atoms with Gasteiger partial charge in [-0.2, -0.15) is 15.3 Å². The van der Waals surface area contributed by atoms with Crippen LogP contribution in [0.3, 0.4) is 0 Å². The van der Waals surface area contributed by atoms with E-state index in [0.29, 0.717) is 28.6 Å². The zero-order valence-electron chi connectivity index (χ0n) is 18.4. The number of phenols is 1. The second-order valence-corrected chi connectivity index (χ2v) is 8.30. The van der Waals surface area contributed by atoms with E-state index in [9.17, 15) is 9.90 Å². The van der Waals surface area contributed by atoms with Crippen molar-refractivity contribution in [2.24, 2.45) is 15.3 Å². The highest BCUT2D eigenvalue weighted by molar-refractivity contribution is 9.10. The molecular formula is C25H25BrN4O3. The second kappa shape index (κ2) is 11.9. The molecule has 1 atom stereocenters. The fourth-order valence-corrected chi connectivity index (χ4v) is 3.23. The quantitative estimate of drug-likeness (QED) is 0.193. The summed E-state index contributed by atoms with van der Waals surface area (Å²) in [7, 11) is 0. The fourth-order valence-electron chi connectivity index (χ4n) is 2.84. The van der Waals surface area contributed by atoms with Crippen LogP contribution < -0.4 is 10.2 Å². The van der Waals surface area contributed by atoms with Gasteiger partial charge >= 0.3 is 0 Å². The van der Waals surface area contributed by atoms with Crippen LogP contribution in [0.4, 0.5) is 11.4 Å². The molecule has 0 aromatic heterocycles. The summed E-state index contributed by atoms with van der Waals surface area (Å²) in [5, 5.41) is 22.3. The third kappa shape index (κ3) is 7.54. The Morgan fingerprint density at radius 1 is 1.09 bits per heavy atom. The Bertz CT molecular complexity index is 1150. The van der Waals surface area contributed by atoms with E-state index in [-0.39, 0.29) is 12.4 Å². The molecule has 0 fully saturated rings. The highest BCUT2D eigenvalue weighted by Gasteiger charge is 2.05. The minimum atomic E-state index is -0.415. The van der Waals surface area contributed by atoms with E-state index in [1.165, 1.54) is 17.8 Å². The summed E-state index contributed by atoms with van der Waals surface area (Å²) in [6.45, 7) is 4.14. The lowest BCUT2D eigenvalue weighted by molar-refractivity contribution is -0.123. The summed E-state index contributed by atoms with van der Waals surface area (Å²) in [6.07, 6.45) is 2.40. The molecule has 0 aliphatic heterocycles. The third-order valence-electron chi connectivity index (χ3n) is 4.92. The number of nitrogens with zero attached hydrogens (tertiary/aromatic N) is 3. The lowest BCUT2D eigenvalue weighted by Crippen LogP contribution is -2.24. The van der Waals surface area contributed by atoms with E-state index < -0.39 is 5.91 Å². The molecule has 0 bridgehead atoms. The standard InChI is InChI=1S/C25H25BrN4O3/c1-3-17(2)18-7-10-23(11-8-18)33-16-25(32)30-27-15-19-13-22(9-12-24(19)31)29-28-21-6-4-5-20(26)14-21/h4-15,17,31H,3,16H2,1-2H3,(H,30,32)/b27-15-,29-28?/t17-/m0/s1. The summed E-state index contributed by atoms with van der Waals surface area (Å²) >= 11 is 3.39. The number of azo groups is 1. The molecule has 0 heterocycles. The first-order valence-electron chi connectivity index (χ1n) is 10.5. The lowest BCUT2D eigenvalue weighted by atomic mass is 9.99. The van der Waals surface area contributed by atoms with Gasteiger partial charge in [0.15, 0.2) is 6.61 Å². The minimum absolute atomic E-state index is 0.00653. The molecular weight excluding hydrogens is 484 g/mol. The van der Waals surface area contributed by atoms with Gasteiger partial charge in [0.05, 0.1) is 17.6 Å². The smallest absolute Gasteiger partial charge is 0.277 e. The van der Waals surface area contributed by atoms with Crippen molar-refractivity contribution in [1.82, 2.24) is 5.43 Å². The Hall–Kier alpha value is -3.52. The number of phenolic OH excluding ortho intramolecular Hbond substituents is 1. The van der Waals surface area contributed by atoms with Crippen molar-refractivity contribution >= 4 is 39.4 Å². The normalized spacial score (nSPS) is 12.2. The van der Waals surface area contributed by atoms with Crippen LogP contribution in [-0.4, -0.2) is 23.8 Å². The second-order valence-electron chi connectivity index (χ2n) is 7.38. The Labute approximate surface area is 201 Å². The molecule has 0 spiro atoms. The molecule has 8 heteroatoms. The molecule has 0 aliphatic rings. The molecule has 0 unspecified atom stereocenters. The number of ether oxygens (including phenoxy) is 1. The molecule has 0 saturated carbocycles. The number of carbonyl (C=O) groups is 1. The highest BCUT2D eigenvalue weighted by Crippen LogP contribution is 2.25. The first kappa shape index (κ1) is 24.1. The molecule has 0 radical (unpaired) electrons. The number of aromatic hydroxyl groups is 1. The summed E-state index contributed by atoms with van der Waals surface area (Å²) < 4.78 is 6.40. The average Bonchev–Trinajstić information content (AvgIpc) is 2.83. The number of halogens is 1. The largest absolute Gasteiger partial charge is 0.507 e. The van der Waals surface area contributed by atoms with Crippen LogP contribution in [0.25, 0.3) is 0 Å². The molecule has 2 N–H and O–H groups in total. The number of hydrogen-bond acceptors (Lipinski definition) is 6. The van der Waals surface area contributed by atoms with E-state index in [0.717, 1.165) is 10.9 Å². The van der Waals surface area contributed by atoms with E-state index in [2.05, 4.69) is 50.5 Å². The molecule has 7 nitrogen and oxygen atoms in total. The van der Waals surface area contributed by atoms with Crippen LogP contribution in [0.15, 0.2) is 86.5 Å². The number of rotatable bonds is 9. The number of benzene rings is 3. The number of carbonyl (C=O) groups excluding carboxylic acids is 1. The molecule has 0 saturated heterocycles. The Morgan fingerprint density at radius 2 is 1.82 bits per heavy atom. The Balaban J connectivity index is 1.53. The minimum Gasteiger partial charge on any atom is -0.507 e. The van der Waals surface area contributed by atoms with Crippen molar-refractivity contribution in [3.63, 3.8) is 0 Å². The van der Waals surface area contributed by atoms with Crippen molar-refractivity contribution < 1.29 is 14.6 Å². The van der Waals surface area contributed by atoms with Gasteiger partial charge in [0.1, 0.15) is 11.5 Å². The van der Waals surface area contributed by atoms with Crippen molar-refractivity contribution in [1.29, 1.82) is 0 Å². The van der Waals surface area contributed by atoms with Crippen LogP contribution >= 0.6 is 15.9 Å². The molecule has 1 amide bonds. The van der Waals surface area contributed by atoms with Gasteiger partial charge in [-0.15, -0.1) is 0 Å². The van der Waals surface area contributed by atoms with Gasteiger partial charge in [0.25, 0.3) is 5.91 Å². The van der Waals surface area contributed by atoms with Crippen LogP contribution in [-0.2, 0) is 4.79 Å². The molecule has 0 aliphatic carbocycles. The van der Waals surface area contributed by atoms with Gasteiger partial charge in [0.2, 0.25) is 0 Å². The first-order valence-corrected chi connectivity index (χ1v) is 11.3. The van der Waals surface area contributed by atoms with Gasteiger partial charge in [-0.05, 0) is 66.4 Å². The lowest BCUT2D eigenvalue weighted by Gasteiger charge is -2.10. The van der Waals surface area contributed by atoms with Crippen LogP contribution in [0.5, 0.6) is 11.5 Å². The summed E-state index contributed by atoms with van der Waals surface area (Å²) in [6, 6.07) is 19.9. The number of amides is 1. The first-order chi connectivity index (χ1) is 15.9. The van der Waals surface area contributed by atoms with Gasteiger partial charge < -0.3 is 9.84 Å². The van der Waals surface area contributed by atoms with Crippen molar-refractivity contribution in [3.05, 3.63) is 82.3 Å². The van der Waals surface area contributed by atoms with Gasteiger partial charge in [0, 0.05) is 10.0 Å². The van der Waals surface area contributed by atoms with Crippen LogP contribution in [0.2, 0.25) is 0 Å². The topological polar surface area (TPSA) is 95.6 Å². The third-order valence-corrected chi connectivity index (χ3v) is 5.42. The predicted molar refractivity (Wildman–Crippen MR) is 133 cm³/mol. The zero-order valence-corrected chi connectivity index (χ0v) is 20.0. The predicted octanol–water partition coefficient (Wildman–Crippen LogP) is 6.61. The van der Waals surface area contributed by atoms with Gasteiger partial charge in [-0.1, -0.05) is 48.0 Å². The summed E-state index contributed by atoms with van der Waals surface area (Å²) in [4.78, 5) is 12.0. The average molecular weight is 509 g/mol. The molecule has 3 aromatic carbocycles. The van der Waals surface area contributed by atoms with E-state index in [1.54, 1.807) is 12.1 Å². The number of hydrogen-bond donors (Lipinski definition) is 2. The monoisotopic (exact) mass is 508 g/mol. The van der Waals surface area contributed by atoms with Crippen LogP contribution in [0.1, 0.15) is 37.3 Å². The number of nitrogens with one attached hydrogen (secondary N) is 1. The summed E-state index contributed by atoms with van der Waals surface area (Å²) in [5.41, 5.74) is 5.23. The number of hydrazone groups is 1. The van der Waals surface area contributed by atoms with E-state index >= 15 is 0 Å². The zero-order chi connectivity index (χ0) is 23.6. The SMILES string of the molecule is CC[C@H](C)c1ccc(OCC(=O)N/N=C\c2cc(N=Nc3cccc(Br)c3)ccc2O)cc1. The maximum Gasteiger partial charge on any atom is 0.277 e. The Kier molecular flexibility index (Phi) is 8.71. The maximum absolute atomic E-state index is 12.0. The maximum atomic E-state index is 12.0. The van der Waals surface area contributed by atoms with Gasteiger partial charge in [-0.25, -0.2) is 5.43 Å². The Morgan fingerprint density at radius 3 is 2.52 bits per heavy atom. The van der Waals surface area contributed by atoms with Gasteiger partial charge in [-0.3, -0.25) is 4.79 Å². The van der Waals surface area contributed by atoms with Crippen LogP contribution in [0, 0.1) is 0 Å². The molecule has 3 rings (SSSR count). The van der Waals surface area contributed by atoms with Crippen molar-refractivity contribution in [2.45, 2.75) is 26.2 Å².